The Hall–Kier alpha value is -4.07. The van der Waals surface area contributed by atoms with E-state index in [1.165, 1.54) is 0 Å². The van der Waals surface area contributed by atoms with E-state index in [1.807, 2.05) is 67.6 Å². The summed E-state index contributed by atoms with van der Waals surface area (Å²) < 4.78 is 8.61. The normalized spacial score (nSPS) is 11.4. The number of ether oxygens (including phenoxy) is 1. The van der Waals surface area contributed by atoms with Crippen LogP contribution in [-0.4, -0.2) is 32.7 Å². The van der Waals surface area contributed by atoms with Crippen LogP contribution in [0.3, 0.4) is 0 Å². The number of nitrogens with zero attached hydrogens (tertiary/aromatic N) is 4. The Morgan fingerprint density at radius 2 is 1.56 bits per heavy atom. The molecule has 0 saturated carbocycles. The first-order valence-corrected chi connectivity index (χ1v) is 11.1. The minimum atomic E-state index is -0.377. The maximum atomic E-state index is 12.9. The van der Waals surface area contributed by atoms with Gasteiger partial charge in [0.05, 0.1) is 24.2 Å². The van der Waals surface area contributed by atoms with E-state index in [1.54, 1.807) is 23.5 Å². The number of methoxy groups -OCH3 is 1. The van der Waals surface area contributed by atoms with Gasteiger partial charge in [-0.25, -0.2) is 9.48 Å². The number of hydrogen-bond acceptors (Lipinski definition) is 4. The largest absolute Gasteiger partial charge is 0.497 e. The van der Waals surface area contributed by atoms with Crippen LogP contribution in [0, 0.1) is 6.92 Å². The third-order valence-corrected chi connectivity index (χ3v) is 5.51. The van der Waals surface area contributed by atoms with Crippen LogP contribution in [0.15, 0.2) is 60.7 Å². The van der Waals surface area contributed by atoms with Gasteiger partial charge in [-0.3, -0.25) is 15.3 Å². The van der Waals surface area contributed by atoms with Gasteiger partial charge in [-0.15, -0.1) is 0 Å². The molecule has 34 heavy (non-hydrogen) atoms. The zero-order chi connectivity index (χ0) is 24.5. The van der Waals surface area contributed by atoms with Crippen molar-refractivity contribution in [2.24, 2.45) is 7.05 Å². The lowest BCUT2D eigenvalue weighted by atomic mass is 9.92. The maximum absolute atomic E-state index is 12.9. The monoisotopic (exact) mass is 458 g/mol. The fourth-order valence-electron chi connectivity index (χ4n) is 3.47. The van der Waals surface area contributed by atoms with Gasteiger partial charge in [-0.2, -0.15) is 10.2 Å². The summed E-state index contributed by atoms with van der Waals surface area (Å²) in [5.41, 5.74) is 4.42. The minimum absolute atomic E-state index is 0.168. The average molecular weight is 459 g/mol. The van der Waals surface area contributed by atoms with Crippen LogP contribution in [0.25, 0.3) is 16.9 Å². The molecule has 4 rings (SSSR count). The summed E-state index contributed by atoms with van der Waals surface area (Å²) in [7, 11) is 3.42. The van der Waals surface area contributed by atoms with Gasteiger partial charge in [0.2, 0.25) is 0 Å². The molecule has 0 radical (unpaired) electrons. The lowest BCUT2D eigenvalue weighted by molar-refractivity contribution is 0.262. The van der Waals surface area contributed by atoms with Crippen molar-refractivity contribution in [1.29, 1.82) is 0 Å². The van der Waals surface area contributed by atoms with Gasteiger partial charge in [0, 0.05) is 30.2 Å². The van der Waals surface area contributed by atoms with E-state index in [2.05, 4.69) is 36.5 Å². The zero-order valence-electron chi connectivity index (χ0n) is 20.4. The Labute approximate surface area is 199 Å². The van der Waals surface area contributed by atoms with E-state index in [4.69, 9.17) is 9.84 Å². The molecule has 2 heterocycles. The number of urea groups is 1. The Morgan fingerprint density at radius 1 is 0.912 bits per heavy atom. The summed E-state index contributed by atoms with van der Waals surface area (Å²) in [6.07, 6.45) is 0. The minimum Gasteiger partial charge on any atom is -0.497 e. The second kappa shape index (κ2) is 9.05. The van der Waals surface area contributed by atoms with Crippen molar-refractivity contribution in [3.63, 3.8) is 0 Å². The molecule has 176 valence electrons. The van der Waals surface area contributed by atoms with Crippen molar-refractivity contribution in [1.82, 2.24) is 19.6 Å². The molecule has 2 amide bonds. The highest BCUT2D eigenvalue weighted by atomic mass is 16.5. The van der Waals surface area contributed by atoms with E-state index >= 15 is 0 Å². The average Bonchev–Trinajstić information content (AvgIpc) is 3.38. The van der Waals surface area contributed by atoms with Gasteiger partial charge in [-0.05, 0) is 43.3 Å². The van der Waals surface area contributed by atoms with Crippen LogP contribution in [0.4, 0.5) is 16.4 Å². The second-order valence-corrected chi connectivity index (χ2v) is 9.26. The number of rotatable bonds is 5. The van der Waals surface area contributed by atoms with Crippen molar-refractivity contribution in [3.05, 3.63) is 71.9 Å². The molecule has 8 nitrogen and oxygen atoms in total. The summed E-state index contributed by atoms with van der Waals surface area (Å²) in [5, 5.41) is 15.1. The third-order valence-electron chi connectivity index (χ3n) is 5.51. The maximum Gasteiger partial charge on any atom is 0.326 e. The van der Waals surface area contributed by atoms with Crippen LogP contribution >= 0.6 is 0 Å². The number of nitrogens with one attached hydrogen (secondary N) is 2. The SMILES string of the molecule is COc1ccc(-c2cc(NC(=O)Nc3cc(C(C)(C)C)nn3-c3ccc(C)cc3)n(C)n2)cc1. The molecule has 0 fully saturated rings. The van der Waals surface area contributed by atoms with Gasteiger partial charge in [0.1, 0.15) is 17.4 Å². The predicted octanol–water partition coefficient (Wildman–Crippen LogP) is 5.53. The molecule has 4 aromatic rings. The molecule has 2 aromatic carbocycles. The van der Waals surface area contributed by atoms with Crippen molar-refractivity contribution in [3.8, 4) is 22.7 Å². The number of amides is 2. The number of carbonyl (C=O) groups is 1. The number of aromatic nitrogens is 4. The highest BCUT2D eigenvalue weighted by Crippen LogP contribution is 2.27. The number of aryl methyl sites for hydroxylation is 2. The molecule has 0 aliphatic heterocycles. The Morgan fingerprint density at radius 3 is 2.18 bits per heavy atom. The Kier molecular flexibility index (Phi) is 6.15. The van der Waals surface area contributed by atoms with Crippen molar-refractivity contribution in [2.75, 3.05) is 17.7 Å². The van der Waals surface area contributed by atoms with Crippen LogP contribution < -0.4 is 15.4 Å². The molecule has 8 heteroatoms. The van der Waals surface area contributed by atoms with Crippen LogP contribution in [0.2, 0.25) is 0 Å². The van der Waals surface area contributed by atoms with Gasteiger partial charge < -0.3 is 4.74 Å². The molecule has 0 aliphatic rings. The highest BCUT2D eigenvalue weighted by Gasteiger charge is 2.22. The molecule has 0 unspecified atom stereocenters. The quantitative estimate of drug-likeness (QED) is 0.412. The van der Waals surface area contributed by atoms with E-state index < -0.39 is 0 Å². The fraction of sp³-hybridized carbons (Fsp3) is 0.269. The van der Waals surface area contributed by atoms with E-state index in [-0.39, 0.29) is 11.4 Å². The lowest BCUT2D eigenvalue weighted by Gasteiger charge is -2.14. The summed E-state index contributed by atoms with van der Waals surface area (Å²) in [5.74, 6) is 1.93. The van der Waals surface area contributed by atoms with E-state index in [0.29, 0.717) is 11.6 Å². The Balaban J connectivity index is 1.56. The first kappa shape index (κ1) is 23.1. The third kappa shape index (κ3) is 4.96. The summed E-state index contributed by atoms with van der Waals surface area (Å²) in [6, 6.07) is 19.0. The number of carbonyl (C=O) groups excluding carboxylic acids is 1. The number of anilines is 2. The highest BCUT2D eigenvalue weighted by molar-refractivity contribution is 5.99. The van der Waals surface area contributed by atoms with Gasteiger partial charge in [0.25, 0.3) is 0 Å². The standard InChI is InChI=1S/C26H30N6O2/c1-17-7-11-19(12-8-17)32-24(16-22(30-32)26(2,3)4)28-25(33)27-23-15-21(29-31(23)5)18-9-13-20(34-6)14-10-18/h7-16H,1-6H3,(H2,27,28,33). The van der Waals surface area contributed by atoms with E-state index in [9.17, 15) is 4.79 Å². The molecular weight excluding hydrogens is 428 g/mol. The van der Waals surface area contributed by atoms with Crippen molar-refractivity contribution < 1.29 is 9.53 Å². The molecule has 0 aliphatic carbocycles. The van der Waals surface area contributed by atoms with Crippen LogP contribution in [0.5, 0.6) is 5.75 Å². The van der Waals surface area contributed by atoms with Gasteiger partial charge >= 0.3 is 6.03 Å². The molecular formula is C26H30N6O2. The first-order chi connectivity index (χ1) is 16.1. The van der Waals surface area contributed by atoms with Gasteiger partial charge in [-0.1, -0.05) is 38.5 Å². The Bertz CT molecular complexity index is 1290. The van der Waals surface area contributed by atoms with Crippen LogP contribution in [-0.2, 0) is 12.5 Å². The molecule has 0 spiro atoms. The molecule has 2 N–H and O–H groups in total. The van der Waals surface area contributed by atoms with Gasteiger partial charge in [0.15, 0.2) is 0 Å². The molecule has 0 saturated heterocycles. The first-order valence-electron chi connectivity index (χ1n) is 11.1. The van der Waals surface area contributed by atoms with Crippen molar-refractivity contribution >= 4 is 17.7 Å². The molecule has 2 aromatic heterocycles. The van der Waals surface area contributed by atoms with Crippen molar-refractivity contribution in [2.45, 2.75) is 33.1 Å². The second-order valence-electron chi connectivity index (χ2n) is 9.26. The number of hydrogen-bond donors (Lipinski definition) is 2. The zero-order valence-corrected chi connectivity index (χ0v) is 20.4. The topological polar surface area (TPSA) is 86.0 Å². The predicted molar refractivity (Wildman–Crippen MR) is 135 cm³/mol. The summed E-state index contributed by atoms with van der Waals surface area (Å²) in [6.45, 7) is 8.31. The fourth-order valence-corrected chi connectivity index (χ4v) is 3.47. The van der Waals surface area contributed by atoms with E-state index in [0.717, 1.165) is 34.0 Å². The number of benzene rings is 2. The molecule has 0 bridgehead atoms. The summed E-state index contributed by atoms with van der Waals surface area (Å²) in [4.78, 5) is 12.9. The van der Waals surface area contributed by atoms with Crippen LogP contribution in [0.1, 0.15) is 32.0 Å². The summed E-state index contributed by atoms with van der Waals surface area (Å²) >= 11 is 0. The smallest absolute Gasteiger partial charge is 0.326 e. The molecule has 0 atom stereocenters. The lowest BCUT2D eigenvalue weighted by Crippen LogP contribution is -2.22.